The molecule has 0 bridgehead atoms. The van der Waals surface area contributed by atoms with Gasteiger partial charge in [0.25, 0.3) is 0 Å². The van der Waals surface area contributed by atoms with Gasteiger partial charge in [0.1, 0.15) is 0 Å². The number of amides is 1. The highest BCUT2D eigenvalue weighted by Gasteiger charge is 2.42. The summed E-state index contributed by atoms with van der Waals surface area (Å²) in [4.78, 5) is 17.4. The number of piperazine rings is 1. The zero-order chi connectivity index (χ0) is 22.9. The molecule has 0 aromatic heterocycles. The first-order valence-electron chi connectivity index (χ1n) is 10.6. The maximum atomic E-state index is 13.3. The van der Waals surface area contributed by atoms with Crippen molar-refractivity contribution in [2.45, 2.75) is 25.2 Å². The van der Waals surface area contributed by atoms with Crippen LogP contribution < -0.4 is 10.2 Å². The summed E-state index contributed by atoms with van der Waals surface area (Å²) in [5, 5.41) is 3.52. The molecule has 2 heterocycles. The molecule has 4 rings (SSSR count). The Balaban J connectivity index is 1.61. The number of anilines is 1. The topological polar surface area (TPSA) is 35.6 Å². The van der Waals surface area contributed by atoms with Crippen LogP contribution >= 0.6 is 11.6 Å². The van der Waals surface area contributed by atoms with Crippen LogP contribution in [0.2, 0.25) is 5.02 Å². The van der Waals surface area contributed by atoms with Gasteiger partial charge in [-0.15, -0.1) is 6.58 Å². The predicted octanol–water partition coefficient (Wildman–Crippen LogP) is 4.52. The Morgan fingerprint density at radius 2 is 1.94 bits per heavy atom. The first-order valence-corrected chi connectivity index (χ1v) is 11.0. The fourth-order valence-corrected chi connectivity index (χ4v) is 4.78. The van der Waals surface area contributed by atoms with E-state index < -0.39 is 17.7 Å². The molecule has 32 heavy (non-hydrogen) atoms. The first-order chi connectivity index (χ1) is 15.3. The van der Waals surface area contributed by atoms with Crippen molar-refractivity contribution < 1.29 is 18.0 Å². The summed E-state index contributed by atoms with van der Waals surface area (Å²) in [5.74, 6) is -0.602. The van der Waals surface area contributed by atoms with Crippen molar-refractivity contribution in [3.05, 3.63) is 76.8 Å². The molecule has 2 aliphatic heterocycles. The van der Waals surface area contributed by atoms with Gasteiger partial charge >= 0.3 is 6.18 Å². The summed E-state index contributed by atoms with van der Waals surface area (Å²) in [6, 6.07) is 11.4. The van der Waals surface area contributed by atoms with E-state index in [0.29, 0.717) is 30.2 Å². The number of hydrogen-bond acceptors (Lipinski definition) is 3. The summed E-state index contributed by atoms with van der Waals surface area (Å²) in [6.07, 6.45) is -2.54. The van der Waals surface area contributed by atoms with Gasteiger partial charge in [0.15, 0.2) is 0 Å². The molecule has 1 amide bonds. The third kappa shape index (κ3) is 4.79. The van der Waals surface area contributed by atoms with Crippen molar-refractivity contribution in [1.29, 1.82) is 0 Å². The Morgan fingerprint density at radius 3 is 2.62 bits per heavy atom. The third-order valence-corrected chi connectivity index (χ3v) is 6.45. The molecule has 0 saturated carbocycles. The minimum absolute atomic E-state index is 0.120. The highest BCUT2D eigenvalue weighted by atomic mass is 35.5. The smallest absolute Gasteiger partial charge is 0.365 e. The number of rotatable bonds is 5. The van der Waals surface area contributed by atoms with E-state index in [4.69, 9.17) is 11.6 Å². The minimum Gasteiger partial charge on any atom is -0.365 e. The number of carbonyl (C=O) groups is 1. The SMILES string of the molecule is C=CCNC(=O)[C@H]1Cc2cc(C(F)(F)F)ccc2N2CCN(Cc3ccc(Cl)cc3)C[C@H]12. The van der Waals surface area contributed by atoms with Crippen molar-refractivity contribution >= 4 is 23.2 Å². The first kappa shape index (κ1) is 22.7. The predicted molar refractivity (Wildman–Crippen MR) is 120 cm³/mol. The number of halogens is 4. The number of alkyl halides is 3. The summed E-state index contributed by atoms with van der Waals surface area (Å²) in [7, 11) is 0. The second-order valence-corrected chi connectivity index (χ2v) is 8.74. The van der Waals surface area contributed by atoms with E-state index >= 15 is 0 Å². The Bertz CT molecular complexity index is 993. The van der Waals surface area contributed by atoms with Gasteiger partial charge in [-0.2, -0.15) is 13.2 Å². The molecule has 2 aliphatic rings. The average Bonchev–Trinajstić information content (AvgIpc) is 2.77. The molecule has 8 heteroatoms. The van der Waals surface area contributed by atoms with Crippen LogP contribution in [0.15, 0.2) is 55.1 Å². The number of benzene rings is 2. The average molecular weight is 464 g/mol. The lowest BCUT2D eigenvalue weighted by Gasteiger charge is -2.49. The fourth-order valence-electron chi connectivity index (χ4n) is 4.65. The van der Waals surface area contributed by atoms with E-state index in [1.807, 2.05) is 24.3 Å². The van der Waals surface area contributed by atoms with E-state index in [-0.39, 0.29) is 18.4 Å². The molecule has 2 aromatic rings. The van der Waals surface area contributed by atoms with Gasteiger partial charge in [0, 0.05) is 43.4 Å². The summed E-state index contributed by atoms with van der Waals surface area (Å²) < 4.78 is 39.8. The minimum atomic E-state index is -4.41. The Kier molecular flexibility index (Phi) is 6.49. The molecule has 1 N–H and O–H groups in total. The van der Waals surface area contributed by atoms with Gasteiger partial charge < -0.3 is 10.2 Å². The molecule has 1 saturated heterocycles. The van der Waals surface area contributed by atoms with E-state index in [9.17, 15) is 18.0 Å². The van der Waals surface area contributed by atoms with Gasteiger partial charge in [0.05, 0.1) is 17.5 Å². The van der Waals surface area contributed by atoms with Gasteiger partial charge in [0.2, 0.25) is 5.91 Å². The summed E-state index contributed by atoms with van der Waals surface area (Å²) in [6.45, 7) is 6.72. The molecule has 0 radical (unpaired) electrons. The van der Waals surface area contributed by atoms with Crippen LogP contribution in [0.4, 0.5) is 18.9 Å². The van der Waals surface area contributed by atoms with Crippen LogP contribution in [0.1, 0.15) is 16.7 Å². The molecule has 4 nitrogen and oxygen atoms in total. The summed E-state index contributed by atoms with van der Waals surface area (Å²) >= 11 is 5.99. The number of nitrogens with zero attached hydrogens (tertiary/aromatic N) is 2. The molecule has 170 valence electrons. The maximum Gasteiger partial charge on any atom is 0.416 e. The fraction of sp³-hybridized carbons (Fsp3) is 0.375. The molecule has 1 fully saturated rings. The molecular formula is C24H25ClF3N3O. The van der Waals surface area contributed by atoms with Crippen LogP contribution in [0.3, 0.4) is 0 Å². The maximum absolute atomic E-state index is 13.3. The van der Waals surface area contributed by atoms with Crippen molar-refractivity contribution in [2.75, 3.05) is 31.1 Å². The quantitative estimate of drug-likeness (QED) is 0.662. The van der Waals surface area contributed by atoms with Crippen LogP contribution in [0.5, 0.6) is 0 Å². The van der Waals surface area contributed by atoms with E-state index in [2.05, 4.69) is 21.7 Å². The Labute approximate surface area is 190 Å². The number of fused-ring (bicyclic) bond motifs is 3. The molecule has 0 unspecified atom stereocenters. The van der Waals surface area contributed by atoms with Crippen molar-refractivity contribution in [3.8, 4) is 0 Å². The van der Waals surface area contributed by atoms with Crippen LogP contribution in [0.25, 0.3) is 0 Å². The van der Waals surface area contributed by atoms with Crippen molar-refractivity contribution in [1.82, 2.24) is 10.2 Å². The normalized spacial score (nSPS) is 20.9. The van der Waals surface area contributed by atoms with Gasteiger partial charge in [-0.3, -0.25) is 9.69 Å². The van der Waals surface area contributed by atoms with Crippen molar-refractivity contribution in [2.24, 2.45) is 5.92 Å². The number of nitrogens with one attached hydrogen (secondary N) is 1. The molecule has 0 aliphatic carbocycles. The molecule has 0 spiro atoms. The molecular weight excluding hydrogens is 439 g/mol. The molecule has 2 aromatic carbocycles. The van der Waals surface area contributed by atoms with Crippen LogP contribution in [0, 0.1) is 5.92 Å². The monoisotopic (exact) mass is 463 g/mol. The summed E-state index contributed by atoms with van der Waals surface area (Å²) in [5.41, 5.74) is 1.81. The van der Waals surface area contributed by atoms with E-state index in [1.165, 1.54) is 6.07 Å². The van der Waals surface area contributed by atoms with Crippen LogP contribution in [-0.4, -0.2) is 43.0 Å². The second-order valence-electron chi connectivity index (χ2n) is 8.31. The highest BCUT2D eigenvalue weighted by molar-refractivity contribution is 6.30. The lowest BCUT2D eigenvalue weighted by molar-refractivity contribution is -0.137. The third-order valence-electron chi connectivity index (χ3n) is 6.20. The van der Waals surface area contributed by atoms with Crippen LogP contribution in [-0.2, 0) is 23.9 Å². The second kappa shape index (κ2) is 9.16. The van der Waals surface area contributed by atoms with Crippen molar-refractivity contribution in [3.63, 3.8) is 0 Å². The lowest BCUT2D eigenvalue weighted by atomic mass is 9.82. The van der Waals surface area contributed by atoms with Gasteiger partial charge in [-0.05, 0) is 47.9 Å². The largest absolute Gasteiger partial charge is 0.416 e. The highest BCUT2D eigenvalue weighted by Crippen LogP contribution is 2.39. The number of hydrogen-bond donors (Lipinski definition) is 1. The van der Waals surface area contributed by atoms with Gasteiger partial charge in [-0.1, -0.05) is 29.8 Å². The van der Waals surface area contributed by atoms with Gasteiger partial charge in [-0.25, -0.2) is 0 Å². The zero-order valence-electron chi connectivity index (χ0n) is 17.5. The van der Waals surface area contributed by atoms with E-state index in [0.717, 1.165) is 30.4 Å². The Morgan fingerprint density at radius 1 is 1.19 bits per heavy atom. The lowest BCUT2D eigenvalue weighted by Crippen LogP contribution is -2.60. The zero-order valence-corrected chi connectivity index (χ0v) is 18.3. The number of carbonyl (C=O) groups excluding carboxylic acids is 1. The molecule has 2 atom stereocenters. The Hall–Kier alpha value is -2.51. The standard InChI is InChI=1S/C24H25ClF3N3O/c1-2-9-29-23(32)20-13-17-12-18(24(26,27)28)5-8-21(17)31-11-10-30(15-22(20)31)14-16-3-6-19(25)7-4-16/h2-8,12,20,22H,1,9-11,13-15H2,(H,29,32)/t20-,22+/m0/s1. The van der Waals surface area contributed by atoms with E-state index in [1.54, 1.807) is 12.1 Å².